The molecule has 0 unspecified atom stereocenters. The highest BCUT2D eigenvalue weighted by Crippen LogP contribution is 2.21. The van der Waals surface area contributed by atoms with Gasteiger partial charge in [0.1, 0.15) is 12.4 Å². The van der Waals surface area contributed by atoms with Gasteiger partial charge in [-0.05, 0) is 34.1 Å². The van der Waals surface area contributed by atoms with Gasteiger partial charge in [-0.25, -0.2) is 0 Å². The number of aromatic nitrogens is 1. The van der Waals surface area contributed by atoms with Crippen LogP contribution in [0.25, 0.3) is 0 Å². The molecule has 2 N–H and O–H groups in total. The summed E-state index contributed by atoms with van der Waals surface area (Å²) in [6.45, 7) is 0.390. The Bertz CT molecular complexity index is 534. The van der Waals surface area contributed by atoms with Gasteiger partial charge in [0.25, 0.3) is 0 Å². The van der Waals surface area contributed by atoms with E-state index in [0.29, 0.717) is 23.1 Å². The van der Waals surface area contributed by atoms with Crippen LogP contribution in [0, 0.1) is 0 Å². The first-order valence-corrected chi connectivity index (χ1v) is 6.09. The van der Waals surface area contributed by atoms with Crippen LogP contribution in [0.5, 0.6) is 5.75 Å². The number of nitrogens with two attached hydrogens (primary N) is 1. The van der Waals surface area contributed by atoms with Crippen molar-refractivity contribution < 1.29 is 4.74 Å². The summed E-state index contributed by atoms with van der Waals surface area (Å²) in [5, 5.41) is 0.621. The lowest BCUT2D eigenvalue weighted by Crippen LogP contribution is -2.00. The maximum absolute atomic E-state index is 5.83. The van der Waals surface area contributed by atoms with Crippen molar-refractivity contribution in [3.63, 3.8) is 0 Å². The van der Waals surface area contributed by atoms with Crippen LogP contribution in [0.15, 0.2) is 41.1 Å². The van der Waals surface area contributed by atoms with E-state index >= 15 is 0 Å². The van der Waals surface area contributed by atoms with Gasteiger partial charge in [0.2, 0.25) is 0 Å². The molecule has 0 aliphatic carbocycles. The summed E-state index contributed by atoms with van der Waals surface area (Å²) in [6.07, 6.45) is 3.35. The zero-order chi connectivity index (χ0) is 12.3. The minimum atomic E-state index is 0.390. The minimum absolute atomic E-state index is 0.390. The van der Waals surface area contributed by atoms with Crippen molar-refractivity contribution in [2.45, 2.75) is 6.61 Å². The first-order valence-electron chi connectivity index (χ1n) is 4.92. The van der Waals surface area contributed by atoms with Gasteiger partial charge in [-0.15, -0.1) is 0 Å². The quantitative estimate of drug-likeness (QED) is 0.880. The molecule has 17 heavy (non-hydrogen) atoms. The fourth-order valence-electron chi connectivity index (χ4n) is 1.33. The Morgan fingerprint density at radius 2 is 2.12 bits per heavy atom. The summed E-state index contributed by atoms with van der Waals surface area (Å²) in [7, 11) is 0. The SMILES string of the molecule is Nc1cc(Cl)ccc1COc1cncc(Br)c1. The number of hydrogen-bond acceptors (Lipinski definition) is 3. The number of ether oxygens (including phenoxy) is 1. The first-order chi connectivity index (χ1) is 8.15. The number of nitrogen functional groups attached to an aromatic ring is 1. The van der Waals surface area contributed by atoms with E-state index in [1.807, 2.05) is 12.1 Å². The highest BCUT2D eigenvalue weighted by molar-refractivity contribution is 9.10. The van der Waals surface area contributed by atoms with Crippen LogP contribution < -0.4 is 10.5 Å². The number of benzene rings is 1. The smallest absolute Gasteiger partial charge is 0.139 e. The van der Waals surface area contributed by atoms with Crippen LogP contribution in [-0.2, 0) is 6.61 Å². The summed E-state index contributed by atoms with van der Waals surface area (Å²) < 4.78 is 6.45. The summed E-state index contributed by atoms with van der Waals surface area (Å²) in [4.78, 5) is 4.01. The number of anilines is 1. The third-order valence-corrected chi connectivity index (χ3v) is 2.85. The fourth-order valence-corrected chi connectivity index (χ4v) is 1.85. The molecule has 0 amide bonds. The number of pyridine rings is 1. The van der Waals surface area contributed by atoms with Gasteiger partial charge in [-0.2, -0.15) is 0 Å². The number of nitrogens with zero attached hydrogens (tertiary/aromatic N) is 1. The second-order valence-electron chi connectivity index (χ2n) is 3.47. The molecule has 0 saturated carbocycles. The van der Waals surface area contributed by atoms with Crippen LogP contribution >= 0.6 is 27.5 Å². The summed E-state index contributed by atoms with van der Waals surface area (Å²) in [5.74, 6) is 0.689. The normalized spacial score (nSPS) is 10.2. The van der Waals surface area contributed by atoms with Crippen LogP contribution in [0.1, 0.15) is 5.56 Å². The van der Waals surface area contributed by atoms with Crippen molar-refractivity contribution in [2.24, 2.45) is 0 Å². The average molecular weight is 314 g/mol. The predicted octanol–water partition coefficient (Wildman–Crippen LogP) is 3.66. The molecule has 5 heteroatoms. The van der Waals surface area contributed by atoms with Crippen molar-refractivity contribution in [3.05, 3.63) is 51.7 Å². The molecule has 0 spiro atoms. The lowest BCUT2D eigenvalue weighted by Gasteiger charge is -2.08. The second-order valence-corrected chi connectivity index (χ2v) is 4.82. The number of halogens is 2. The van der Waals surface area contributed by atoms with E-state index in [-0.39, 0.29) is 0 Å². The Labute approximate surface area is 113 Å². The van der Waals surface area contributed by atoms with Gasteiger partial charge in [0.15, 0.2) is 0 Å². The molecule has 0 aliphatic rings. The van der Waals surface area contributed by atoms with Crippen molar-refractivity contribution in [2.75, 3.05) is 5.73 Å². The highest BCUT2D eigenvalue weighted by Gasteiger charge is 2.02. The molecule has 0 fully saturated rings. The molecule has 0 saturated heterocycles. The molecule has 0 radical (unpaired) electrons. The molecule has 2 aromatic rings. The molecule has 2 rings (SSSR count). The van der Waals surface area contributed by atoms with Gasteiger partial charge in [-0.3, -0.25) is 4.98 Å². The van der Waals surface area contributed by atoms with E-state index in [1.54, 1.807) is 24.5 Å². The maximum Gasteiger partial charge on any atom is 0.139 e. The largest absolute Gasteiger partial charge is 0.487 e. The third-order valence-electron chi connectivity index (χ3n) is 2.18. The van der Waals surface area contributed by atoms with Gasteiger partial charge >= 0.3 is 0 Å². The van der Waals surface area contributed by atoms with Crippen LogP contribution in [0.4, 0.5) is 5.69 Å². The Balaban J connectivity index is 2.07. The van der Waals surface area contributed by atoms with E-state index in [0.717, 1.165) is 10.0 Å². The maximum atomic E-state index is 5.83. The Morgan fingerprint density at radius 3 is 2.82 bits per heavy atom. The molecule has 1 aromatic carbocycles. The Hall–Kier alpha value is -1.26. The predicted molar refractivity (Wildman–Crippen MR) is 72.1 cm³/mol. The fraction of sp³-hybridized carbons (Fsp3) is 0.0833. The van der Waals surface area contributed by atoms with Crippen LogP contribution in [0.2, 0.25) is 5.02 Å². The molecule has 0 aliphatic heterocycles. The molecular weight excluding hydrogens is 304 g/mol. The van der Waals surface area contributed by atoms with Crippen LogP contribution in [0.3, 0.4) is 0 Å². The topological polar surface area (TPSA) is 48.1 Å². The molecule has 0 atom stereocenters. The molecule has 0 bridgehead atoms. The highest BCUT2D eigenvalue weighted by atomic mass is 79.9. The molecular formula is C12H10BrClN2O. The van der Waals surface area contributed by atoms with Gasteiger partial charge < -0.3 is 10.5 Å². The van der Waals surface area contributed by atoms with E-state index in [4.69, 9.17) is 22.1 Å². The van der Waals surface area contributed by atoms with E-state index in [9.17, 15) is 0 Å². The summed E-state index contributed by atoms with van der Waals surface area (Å²) >= 11 is 9.15. The summed E-state index contributed by atoms with van der Waals surface area (Å²) in [5.41, 5.74) is 7.35. The second kappa shape index (κ2) is 5.38. The first kappa shape index (κ1) is 12.2. The molecule has 1 heterocycles. The molecule has 3 nitrogen and oxygen atoms in total. The molecule has 1 aromatic heterocycles. The number of rotatable bonds is 3. The van der Waals surface area contributed by atoms with Gasteiger partial charge in [0, 0.05) is 26.9 Å². The summed E-state index contributed by atoms with van der Waals surface area (Å²) in [6, 6.07) is 7.19. The Morgan fingerprint density at radius 1 is 1.29 bits per heavy atom. The Kier molecular flexibility index (Phi) is 3.86. The standard InChI is InChI=1S/C12H10BrClN2O/c13-9-3-11(6-16-5-9)17-7-8-1-2-10(14)4-12(8)15/h1-6H,7,15H2. The van der Waals surface area contributed by atoms with E-state index in [1.165, 1.54) is 0 Å². The number of hydrogen-bond donors (Lipinski definition) is 1. The zero-order valence-corrected chi connectivity index (χ0v) is 11.2. The van der Waals surface area contributed by atoms with Crippen LogP contribution in [-0.4, -0.2) is 4.98 Å². The lowest BCUT2D eigenvalue weighted by molar-refractivity contribution is 0.305. The van der Waals surface area contributed by atoms with E-state index < -0.39 is 0 Å². The van der Waals surface area contributed by atoms with E-state index in [2.05, 4.69) is 20.9 Å². The zero-order valence-electron chi connectivity index (χ0n) is 8.86. The third kappa shape index (κ3) is 3.35. The van der Waals surface area contributed by atoms with Crippen molar-refractivity contribution in [1.82, 2.24) is 4.98 Å². The van der Waals surface area contributed by atoms with Gasteiger partial charge in [0.05, 0.1) is 6.20 Å². The van der Waals surface area contributed by atoms with Crippen molar-refractivity contribution >= 4 is 33.2 Å². The minimum Gasteiger partial charge on any atom is -0.487 e. The van der Waals surface area contributed by atoms with Gasteiger partial charge in [-0.1, -0.05) is 17.7 Å². The monoisotopic (exact) mass is 312 g/mol. The molecule has 88 valence electrons. The van der Waals surface area contributed by atoms with Crippen molar-refractivity contribution in [1.29, 1.82) is 0 Å². The average Bonchev–Trinajstić information content (AvgIpc) is 2.28. The lowest BCUT2D eigenvalue weighted by atomic mass is 10.2. The van der Waals surface area contributed by atoms with Crippen molar-refractivity contribution in [3.8, 4) is 5.75 Å².